The van der Waals surface area contributed by atoms with Crippen molar-refractivity contribution in [2.75, 3.05) is 0 Å². The first-order valence-electron chi connectivity index (χ1n) is 18.2. The third-order valence-corrected chi connectivity index (χ3v) is 11.2. The molecule has 0 spiro atoms. The fraction of sp³-hybridized carbons (Fsp3) is 0.405. The van der Waals surface area contributed by atoms with Gasteiger partial charge in [-0.05, 0) is 92.2 Å². The molecule has 52 heavy (non-hydrogen) atoms. The number of allylic oxidation sites excluding steroid dienone is 2. The lowest BCUT2D eigenvalue weighted by atomic mass is 9.71. The number of furan rings is 1. The van der Waals surface area contributed by atoms with Crippen LogP contribution in [0.25, 0.3) is 34.9 Å². The van der Waals surface area contributed by atoms with Gasteiger partial charge < -0.3 is 23.0 Å². The van der Waals surface area contributed by atoms with Gasteiger partial charge in [0.25, 0.3) is 0 Å². The second kappa shape index (κ2) is 13.3. The van der Waals surface area contributed by atoms with Crippen LogP contribution in [0.3, 0.4) is 0 Å². The summed E-state index contributed by atoms with van der Waals surface area (Å²) < 4.78 is 32.6. The maximum Gasteiger partial charge on any atom is 0.494 e. The Kier molecular flexibility index (Phi) is 9.24. The van der Waals surface area contributed by atoms with E-state index in [1.807, 2.05) is 30.3 Å². The van der Waals surface area contributed by atoms with Gasteiger partial charge in [0.05, 0.1) is 28.3 Å². The third kappa shape index (κ3) is 6.49. The molecule has 4 aliphatic rings. The van der Waals surface area contributed by atoms with E-state index in [-0.39, 0.29) is 5.92 Å². The maximum atomic E-state index is 6.55. The third-order valence-electron chi connectivity index (χ3n) is 11.2. The SMILES string of the molecule is C#CC.CC1(C)OB(c2cc(B3OC(C)(C)C(C)(C)O3)cc(-c3nc(-c4ccccc4)nc(C4CC=Cc5oc6c(c54)C=CCC6)n3)c2)OC1(C)C. The molecule has 0 amide bonds. The Bertz CT molecular complexity index is 2010. The predicted molar refractivity (Wildman–Crippen MR) is 208 cm³/mol. The number of fused-ring (bicyclic) bond motifs is 3. The fourth-order valence-electron chi connectivity index (χ4n) is 6.89. The molecule has 0 N–H and O–H groups in total. The van der Waals surface area contributed by atoms with Gasteiger partial charge in [-0.1, -0.05) is 66.8 Å². The van der Waals surface area contributed by atoms with Crippen LogP contribution in [0.15, 0.2) is 65.1 Å². The molecule has 4 aromatic rings. The van der Waals surface area contributed by atoms with Crippen LogP contribution in [0.2, 0.25) is 0 Å². The van der Waals surface area contributed by atoms with Gasteiger partial charge in [0.15, 0.2) is 11.6 Å². The summed E-state index contributed by atoms with van der Waals surface area (Å²) in [5.74, 6) is 5.96. The van der Waals surface area contributed by atoms with Crippen molar-refractivity contribution in [1.29, 1.82) is 0 Å². The van der Waals surface area contributed by atoms with Crippen LogP contribution >= 0.6 is 0 Å². The topological polar surface area (TPSA) is 88.7 Å². The molecule has 10 heteroatoms. The Hall–Kier alpha value is -4.26. The van der Waals surface area contributed by atoms with Crippen LogP contribution < -0.4 is 10.9 Å². The van der Waals surface area contributed by atoms with Gasteiger partial charge in [-0.15, -0.1) is 12.3 Å². The summed E-state index contributed by atoms with van der Waals surface area (Å²) in [6, 6.07) is 16.3. The average molecular weight is 695 g/mol. The van der Waals surface area contributed by atoms with Crippen molar-refractivity contribution >= 4 is 37.3 Å². The number of rotatable bonds is 5. The molecule has 2 saturated heterocycles. The van der Waals surface area contributed by atoms with E-state index in [1.54, 1.807) is 6.92 Å². The fourth-order valence-corrected chi connectivity index (χ4v) is 6.89. The van der Waals surface area contributed by atoms with Crippen molar-refractivity contribution in [2.24, 2.45) is 0 Å². The highest BCUT2D eigenvalue weighted by atomic mass is 16.7. The number of aryl methyl sites for hydroxylation is 1. The number of aromatic nitrogens is 3. The first-order valence-corrected chi connectivity index (χ1v) is 18.2. The molecule has 2 fully saturated rings. The summed E-state index contributed by atoms with van der Waals surface area (Å²) in [5.41, 5.74) is 3.68. The second-order valence-corrected chi connectivity index (χ2v) is 15.9. The van der Waals surface area contributed by atoms with Gasteiger partial charge in [0.1, 0.15) is 17.3 Å². The normalized spacial score (nSPS) is 21.6. The van der Waals surface area contributed by atoms with Gasteiger partial charge in [-0.2, -0.15) is 0 Å². The van der Waals surface area contributed by atoms with E-state index < -0.39 is 36.6 Å². The van der Waals surface area contributed by atoms with Crippen LogP contribution in [0.1, 0.15) is 110 Å². The molecule has 266 valence electrons. The highest BCUT2D eigenvalue weighted by Gasteiger charge is 2.54. The molecule has 0 bridgehead atoms. The maximum absolute atomic E-state index is 6.55. The lowest BCUT2D eigenvalue weighted by Crippen LogP contribution is -2.41. The molecule has 0 radical (unpaired) electrons. The quantitative estimate of drug-likeness (QED) is 0.156. The summed E-state index contributed by atoms with van der Waals surface area (Å²) in [5, 5.41) is 0. The largest absolute Gasteiger partial charge is 0.494 e. The lowest BCUT2D eigenvalue weighted by molar-refractivity contribution is 0.00578. The average Bonchev–Trinajstić information content (AvgIpc) is 3.68. The minimum atomic E-state index is -0.601. The van der Waals surface area contributed by atoms with Crippen molar-refractivity contribution in [3.8, 4) is 35.1 Å². The first kappa shape index (κ1) is 36.1. The monoisotopic (exact) mass is 695 g/mol. The molecular formula is C42H47B2N3O5. The molecule has 2 aromatic heterocycles. The van der Waals surface area contributed by atoms with E-state index in [1.165, 1.54) is 0 Å². The van der Waals surface area contributed by atoms with Gasteiger partial charge in [-0.3, -0.25) is 0 Å². The Morgan fingerprint density at radius 2 is 1.25 bits per heavy atom. The lowest BCUT2D eigenvalue weighted by Gasteiger charge is -2.32. The summed E-state index contributed by atoms with van der Waals surface area (Å²) >= 11 is 0. The molecule has 2 aliphatic carbocycles. The van der Waals surface area contributed by atoms with Crippen molar-refractivity contribution in [3.63, 3.8) is 0 Å². The number of hydrogen-bond donors (Lipinski definition) is 0. The molecule has 1 unspecified atom stereocenters. The predicted octanol–water partition coefficient (Wildman–Crippen LogP) is 7.54. The summed E-state index contributed by atoms with van der Waals surface area (Å²) in [6.45, 7) is 18.2. The van der Waals surface area contributed by atoms with Crippen LogP contribution in [0, 0.1) is 12.3 Å². The minimum absolute atomic E-state index is 0.0895. The zero-order valence-electron chi connectivity index (χ0n) is 31.7. The van der Waals surface area contributed by atoms with Gasteiger partial charge in [-0.25, -0.2) is 15.0 Å². The van der Waals surface area contributed by atoms with Crippen molar-refractivity contribution in [3.05, 3.63) is 89.2 Å². The van der Waals surface area contributed by atoms with Gasteiger partial charge in [0, 0.05) is 28.7 Å². The summed E-state index contributed by atoms with van der Waals surface area (Å²) in [6.07, 6.45) is 15.9. The van der Waals surface area contributed by atoms with E-state index in [2.05, 4.69) is 110 Å². The van der Waals surface area contributed by atoms with Crippen molar-refractivity contribution in [2.45, 2.75) is 110 Å². The van der Waals surface area contributed by atoms with E-state index in [0.717, 1.165) is 64.0 Å². The van der Waals surface area contributed by atoms with E-state index in [9.17, 15) is 0 Å². The highest BCUT2D eigenvalue weighted by Crippen LogP contribution is 2.43. The van der Waals surface area contributed by atoms with Crippen LogP contribution in [0.5, 0.6) is 0 Å². The zero-order valence-corrected chi connectivity index (χ0v) is 31.7. The Labute approximate surface area is 308 Å². The smallest absolute Gasteiger partial charge is 0.461 e. The van der Waals surface area contributed by atoms with E-state index in [4.69, 9.17) is 38.0 Å². The Morgan fingerprint density at radius 1 is 0.712 bits per heavy atom. The van der Waals surface area contributed by atoms with Gasteiger partial charge >= 0.3 is 14.2 Å². The molecule has 8 nitrogen and oxygen atoms in total. The summed E-state index contributed by atoms with van der Waals surface area (Å²) in [4.78, 5) is 15.5. The Morgan fingerprint density at radius 3 is 1.81 bits per heavy atom. The van der Waals surface area contributed by atoms with Crippen LogP contribution in [0.4, 0.5) is 0 Å². The minimum Gasteiger partial charge on any atom is -0.461 e. The molecule has 8 rings (SSSR count). The molecule has 4 heterocycles. The van der Waals surface area contributed by atoms with E-state index >= 15 is 0 Å². The highest BCUT2D eigenvalue weighted by molar-refractivity contribution is 6.66. The number of hydrogen-bond acceptors (Lipinski definition) is 8. The standard InChI is InChI=1S/C39H43B2N3O5.C3H4/c1-36(2)37(3,4)47-40(46-36)26-21-25(22-27(23-26)41-48-38(5,6)39(7,8)49-41)34-42-33(24-15-10-9-11-16-24)43-35(44-34)29-18-14-20-31-32(29)28-17-12-13-19-30(28)45-31;1-3-2/h9-12,14-17,20-23,29H,13,18-19H2,1-8H3;1H,2H3. The first-order chi connectivity index (χ1) is 24.6. The number of benzene rings is 2. The van der Waals surface area contributed by atoms with Gasteiger partial charge in [0.2, 0.25) is 0 Å². The number of nitrogens with zero attached hydrogens (tertiary/aromatic N) is 3. The van der Waals surface area contributed by atoms with E-state index in [0.29, 0.717) is 17.5 Å². The Balaban J connectivity index is 0.00000136. The van der Waals surface area contributed by atoms with Crippen LogP contribution in [-0.4, -0.2) is 51.6 Å². The molecule has 0 saturated carbocycles. The zero-order chi connectivity index (χ0) is 37.1. The van der Waals surface area contributed by atoms with Crippen molar-refractivity contribution in [1.82, 2.24) is 15.0 Å². The molecule has 2 aliphatic heterocycles. The number of terminal acetylenes is 1. The van der Waals surface area contributed by atoms with Crippen molar-refractivity contribution < 1.29 is 23.0 Å². The molecule has 2 aromatic carbocycles. The molecular weight excluding hydrogens is 648 g/mol. The summed E-state index contributed by atoms with van der Waals surface area (Å²) in [7, 11) is -1.20. The second-order valence-electron chi connectivity index (χ2n) is 15.9. The van der Waals surface area contributed by atoms with Crippen LogP contribution in [-0.2, 0) is 25.0 Å². The molecule has 1 atom stereocenters.